The van der Waals surface area contributed by atoms with Gasteiger partial charge in [0.05, 0.1) is 6.21 Å². The Labute approximate surface area is 195 Å². The zero-order valence-corrected chi connectivity index (χ0v) is 18.7. The van der Waals surface area contributed by atoms with Crippen molar-refractivity contribution in [2.45, 2.75) is 19.3 Å². The van der Waals surface area contributed by atoms with Crippen LogP contribution in [0.25, 0.3) is 0 Å². The topological polar surface area (TPSA) is 130 Å². The van der Waals surface area contributed by atoms with Gasteiger partial charge in [-0.3, -0.25) is 10.2 Å². The zero-order valence-electron chi connectivity index (χ0n) is 17.9. The molecule has 0 radical (unpaired) electrons. The molecule has 1 aliphatic heterocycles. The Morgan fingerprint density at radius 3 is 2.61 bits per heavy atom. The van der Waals surface area contributed by atoms with E-state index in [1.807, 2.05) is 24.3 Å². The summed E-state index contributed by atoms with van der Waals surface area (Å²) in [6.45, 7) is 3.41. The molecule has 1 aliphatic rings. The summed E-state index contributed by atoms with van der Waals surface area (Å²) in [7, 11) is 0. The number of amides is 1. The highest BCUT2D eigenvalue weighted by atomic mass is 32.1. The van der Waals surface area contributed by atoms with Crippen molar-refractivity contribution in [1.29, 1.82) is 0 Å². The molecule has 0 bridgehead atoms. The molecule has 172 valence electrons. The van der Waals surface area contributed by atoms with E-state index in [1.165, 1.54) is 61.2 Å². The van der Waals surface area contributed by atoms with Crippen LogP contribution in [0.2, 0.25) is 0 Å². The van der Waals surface area contributed by atoms with Crippen LogP contribution < -0.4 is 10.7 Å². The van der Waals surface area contributed by atoms with E-state index in [-0.39, 0.29) is 11.5 Å². The van der Waals surface area contributed by atoms with E-state index in [9.17, 15) is 20.1 Å². The second kappa shape index (κ2) is 10.3. The minimum absolute atomic E-state index is 0.215. The van der Waals surface area contributed by atoms with Gasteiger partial charge in [0.1, 0.15) is 5.82 Å². The molecule has 0 spiro atoms. The summed E-state index contributed by atoms with van der Waals surface area (Å²) in [5.41, 5.74) is 4.68. The number of hydrazone groups is 1. The largest absolute Gasteiger partial charge is 0.504 e. The number of aromatic hydroxyl groups is 3. The molecule has 5 N–H and O–H groups in total. The number of phenolic OH excluding ortho intramolecular Hbond substituents is 3. The Kier molecular flexibility index (Phi) is 7.06. The third-order valence-corrected chi connectivity index (χ3v) is 6.15. The van der Waals surface area contributed by atoms with Crippen molar-refractivity contribution >= 4 is 34.4 Å². The molecule has 3 aromatic rings. The lowest BCUT2D eigenvalue weighted by molar-refractivity contribution is 0.102. The van der Waals surface area contributed by atoms with E-state index in [0.29, 0.717) is 16.5 Å². The van der Waals surface area contributed by atoms with E-state index >= 15 is 0 Å². The molecule has 1 saturated heterocycles. The van der Waals surface area contributed by atoms with Crippen molar-refractivity contribution in [3.05, 3.63) is 58.5 Å². The van der Waals surface area contributed by atoms with Gasteiger partial charge in [0.2, 0.25) is 10.9 Å². The highest BCUT2D eigenvalue weighted by Crippen LogP contribution is 2.36. The number of phenols is 3. The van der Waals surface area contributed by atoms with E-state index in [1.54, 1.807) is 5.38 Å². The van der Waals surface area contributed by atoms with Gasteiger partial charge in [-0.2, -0.15) is 5.10 Å². The molecular formula is C23H25N5O4S. The van der Waals surface area contributed by atoms with Gasteiger partial charge in [-0.15, -0.1) is 11.3 Å². The van der Waals surface area contributed by atoms with Crippen molar-refractivity contribution in [1.82, 2.24) is 9.88 Å². The SMILES string of the molecule is O=C(Nc1csc(N/N=C/c2ccc(O)c(O)c2O)n1)c1ccc(CCN2CCCC2)cc1. The number of benzene rings is 2. The van der Waals surface area contributed by atoms with E-state index in [0.717, 1.165) is 13.0 Å². The van der Waals surface area contributed by atoms with Crippen molar-refractivity contribution in [3.63, 3.8) is 0 Å². The quantitative estimate of drug-likeness (QED) is 0.194. The molecule has 1 aromatic heterocycles. The fourth-order valence-corrected chi connectivity index (χ4v) is 4.12. The number of aromatic nitrogens is 1. The second-order valence-corrected chi connectivity index (χ2v) is 8.59. The summed E-state index contributed by atoms with van der Waals surface area (Å²) in [6.07, 6.45) is 4.82. The van der Waals surface area contributed by atoms with Crippen LogP contribution in [0.3, 0.4) is 0 Å². The Balaban J connectivity index is 1.29. The standard InChI is InChI=1S/C23H25N5O4S/c29-18-8-7-17(20(30)21(18)31)13-24-27-23-26-19(14-33-23)25-22(32)16-5-3-15(4-6-16)9-12-28-10-1-2-11-28/h3-8,13-14,29-31H,1-2,9-12H2,(H,25,32)(H,26,27)/b24-13+. The number of nitrogens with one attached hydrogen (secondary N) is 2. The van der Waals surface area contributed by atoms with Gasteiger partial charge >= 0.3 is 0 Å². The van der Waals surface area contributed by atoms with Crippen molar-refractivity contribution in [2.75, 3.05) is 30.4 Å². The van der Waals surface area contributed by atoms with Crippen molar-refractivity contribution < 1.29 is 20.1 Å². The minimum atomic E-state index is -0.613. The lowest BCUT2D eigenvalue weighted by Gasteiger charge is -2.14. The van der Waals surface area contributed by atoms with Crippen LogP contribution in [0.5, 0.6) is 17.2 Å². The van der Waals surface area contributed by atoms with Gasteiger partial charge in [-0.05, 0) is 62.2 Å². The van der Waals surface area contributed by atoms with Crippen molar-refractivity contribution in [2.24, 2.45) is 5.10 Å². The maximum Gasteiger partial charge on any atom is 0.256 e. The molecule has 0 saturated carbocycles. The second-order valence-electron chi connectivity index (χ2n) is 7.73. The minimum Gasteiger partial charge on any atom is -0.504 e. The first kappa shape index (κ1) is 22.6. The van der Waals surface area contributed by atoms with Crippen LogP contribution in [-0.4, -0.2) is 57.0 Å². The summed E-state index contributed by atoms with van der Waals surface area (Å²) < 4.78 is 0. The molecule has 2 heterocycles. The summed E-state index contributed by atoms with van der Waals surface area (Å²) >= 11 is 1.25. The number of likely N-dealkylation sites (tertiary alicyclic amines) is 1. The first-order chi connectivity index (χ1) is 16.0. The van der Waals surface area contributed by atoms with Crippen LogP contribution >= 0.6 is 11.3 Å². The molecule has 9 nitrogen and oxygen atoms in total. The molecule has 2 aromatic carbocycles. The average molecular weight is 468 g/mol. The number of anilines is 2. The average Bonchev–Trinajstić information content (AvgIpc) is 3.50. The van der Waals surface area contributed by atoms with Crippen molar-refractivity contribution in [3.8, 4) is 17.2 Å². The maximum absolute atomic E-state index is 12.5. The number of hydrogen-bond acceptors (Lipinski definition) is 9. The van der Waals surface area contributed by atoms with E-state index < -0.39 is 17.2 Å². The summed E-state index contributed by atoms with van der Waals surface area (Å²) in [5, 5.41) is 37.5. The summed E-state index contributed by atoms with van der Waals surface area (Å²) in [6, 6.07) is 10.3. The van der Waals surface area contributed by atoms with Gasteiger partial charge in [-0.1, -0.05) is 12.1 Å². The fourth-order valence-electron chi connectivity index (χ4n) is 3.53. The number of hydrogen-bond donors (Lipinski definition) is 5. The molecule has 33 heavy (non-hydrogen) atoms. The number of rotatable bonds is 8. The van der Waals surface area contributed by atoms with Gasteiger partial charge in [0.15, 0.2) is 11.5 Å². The Morgan fingerprint density at radius 1 is 1.09 bits per heavy atom. The highest BCUT2D eigenvalue weighted by Gasteiger charge is 2.12. The fraction of sp³-hybridized carbons (Fsp3) is 0.261. The van der Waals surface area contributed by atoms with Gasteiger partial charge in [0.25, 0.3) is 5.91 Å². The van der Waals surface area contributed by atoms with Gasteiger partial charge in [0, 0.05) is 23.1 Å². The molecule has 10 heteroatoms. The predicted molar refractivity (Wildman–Crippen MR) is 129 cm³/mol. The van der Waals surface area contributed by atoms with E-state index in [4.69, 9.17) is 0 Å². The lowest BCUT2D eigenvalue weighted by Crippen LogP contribution is -2.21. The summed E-state index contributed by atoms with van der Waals surface area (Å²) in [4.78, 5) is 19.2. The molecule has 1 fully saturated rings. The molecule has 0 aliphatic carbocycles. The number of carbonyl (C=O) groups is 1. The van der Waals surface area contributed by atoms with Crippen LogP contribution in [-0.2, 0) is 6.42 Å². The van der Waals surface area contributed by atoms with Crippen LogP contribution in [0, 0.1) is 0 Å². The third kappa shape index (κ3) is 5.79. The van der Waals surface area contributed by atoms with Gasteiger partial charge in [-0.25, -0.2) is 4.98 Å². The first-order valence-electron chi connectivity index (χ1n) is 10.6. The van der Waals surface area contributed by atoms with Crippen LogP contribution in [0.15, 0.2) is 46.9 Å². The van der Waals surface area contributed by atoms with Crippen LogP contribution in [0.1, 0.15) is 34.3 Å². The molecular weight excluding hydrogens is 442 g/mol. The lowest BCUT2D eigenvalue weighted by atomic mass is 10.1. The predicted octanol–water partition coefficient (Wildman–Crippen LogP) is 3.60. The number of carbonyl (C=O) groups excluding carboxylic acids is 1. The van der Waals surface area contributed by atoms with E-state index in [2.05, 4.69) is 25.7 Å². The normalized spacial score (nSPS) is 14.1. The van der Waals surface area contributed by atoms with Gasteiger partial charge < -0.3 is 25.5 Å². The first-order valence-corrected chi connectivity index (χ1v) is 11.5. The smallest absolute Gasteiger partial charge is 0.256 e. The molecule has 1 amide bonds. The highest BCUT2D eigenvalue weighted by molar-refractivity contribution is 7.14. The number of thiazole rings is 1. The molecule has 0 atom stereocenters. The maximum atomic E-state index is 12.5. The molecule has 4 rings (SSSR count). The van der Waals surface area contributed by atoms with Crippen LogP contribution in [0.4, 0.5) is 10.9 Å². The summed E-state index contributed by atoms with van der Waals surface area (Å²) in [5.74, 6) is -1.36. The number of nitrogens with zero attached hydrogens (tertiary/aromatic N) is 3. The monoisotopic (exact) mass is 467 g/mol. The Bertz CT molecular complexity index is 1140. The third-order valence-electron chi connectivity index (χ3n) is 5.40. The Hall–Kier alpha value is -3.63. The molecule has 0 unspecified atom stereocenters. The Morgan fingerprint density at radius 2 is 1.85 bits per heavy atom. The zero-order chi connectivity index (χ0) is 23.2.